The monoisotopic (exact) mass is 368 g/mol. The van der Waals surface area contributed by atoms with Gasteiger partial charge in [-0.2, -0.15) is 16.8 Å². The lowest BCUT2D eigenvalue weighted by atomic mass is 10.4. The quantitative estimate of drug-likeness (QED) is 0.789. The summed E-state index contributed by atoms with van der Waals surface area (Å²) >= 11 is 5.49. The van der Waals surface area contributed by atoms with E-state index in [1.54, 1.807) is 0 Å². The number of hydrogen-bond acceptors (Lipinski definition) is 4. The van der Waals surface area contributed by atoms with E-state index in [0.29, 0.717) is 5.02 Å². The van der Waals surface area contributed by atoms with E-state index < -0.39 is 30.9 Å². The first-order valence-corrected chi connectivity index (χ1v) is 8.72. The van der Waals surface area contributed by atoms with Crippen molar-refractivity contribution in [3.8, 4) is 0 Å². The van der Waals surface area contributed by atoms with Crippen LogP contribution in [0.1, 0.15) is 0 Å². The van der Waals surface area contributed by atoms with Crippen molar-refractivity contribution in [2.45, 2.75) is 9.79 Å². The van der Waals surface area contributed by atoms with Gasteiger partial charge < -0.3 is 0 Å². The molecular formula is C12H10ClFO6S2. The van der Waals surface area contributed by atoms with Crippen molar-refractivity contribution in [3.63, 3.8) is 0 Å². The molecule has 0 aromatic heterocycles. The molecule has 0 bridgehead atoms. The third kappa shape index (κ3) is 5.70. The number of rotatable bonds is 2. The Balaban J connectivity index is 0.000000220. The van der Waals surface area contributed by atoms with Crippen molar-refractivity contribution >= 4 is 31.8 Å². The van der Waals surface area contributed by atoms with Gasteiger partial charge in [-0.25, -0.2) is 4.39 Å². The zero-order valence-corrected chi connectivity index (χ0v) is 13.1. The summed E-state index contributed by atoms with van der Waals surface area (Å²) in [5, 5.41) is 0.428. The highest BCUT2D eigenvalue weighted by Crippen LogP contribution is 2.13. The average Bonchev–Trinajstić information content (AvgIpc) is 2.38. The van der Waals surface area contributed by atoms with Gasteiger partial charge in [0.05, 0.1) is 4.90 Å². The van der Waals surface area contributed by atoms with Crippen molar-refractivity contribution in [1.29, 1.82) is 0 Å². The summed E-state index contributed by atoms with van der Waals surface area (Å²) in [5.74, 6) is -0.949. The second-order valence-electron chi connectivity index (χ2n) is 3.83. The third-order valence-electron chi connectivity index (χ3n) is 2.23. The largest absolute Gasteiger partial charge is 0.297 e. The minimum absolute atomic E-state index is 0.151. The molecule has 0 aliphatic carbocycles. The molecule has 2 aromatic carbocycles. The molecule has 0 heterocycles. The molecule has 6 nitrogen and oxygen atoms in total. The van der Waals surface area contributed by atoms with E-state index in [-0.39, 0.29) is 4.90 Å². The molecule has 0 fully saturated rings. The van der Waals surface area contributed by atoms with Gasteiger partial charge in [0.2, 0.25) is 0 Å². The fraction of sp³-hybridized carbons (Fsp3) is 0. The van der Waals surface area contributed by atoms with Gasteiger partial charge >= 0.3 is 0 Å². The Kier molecular flexibility index (Phi) is 6.03. The topological polar surface area (TPSA) is 109 Å². The second-order valence-corrected chi connectivity index (χ2v) is 7.08. The van der Waals surface area contributed by atoms with Crippen LogP contribution in [-0.4, -0.2) is 25.9 Å². The fourth-order valence-corrected chi connectivity index (χ4v) is 2.43. The zero-order valence-electron chi connectivity index (χ0n) is 10.7. The summed E-state index contributed by atoms with van der Waals surface area (Å²) in [7, 11) is -8.49. The highest BCUT2D eigenvalue weighted by Gasteiger charge is 2.13. The molecular weight excluding hydrogens is 359 g/mol. The van der Waals surface area contributed by atoms with Crippen LogP contribution >= 0.6 is 11.6 Å². The smallest absolute Gasteiger partial charge is 0.282 e. The van der Waals surface area contributed by atoms with Gasteiger partial charge in [-0.3, -0.25) is 9.11 Å². The van der Waals surface area contributed by atoms with Gasteiger partial charge in [0, 0.05) is 5.02 Å². The van der Waals surface area contributed by atoms with Crippen LogP contribution in [0.4, 0.5) is 4.39 Å². The van der Waals surface area contributed by atoms with Crippen LogP contribution in [-0.2, 0) is 20.2 Å². The molecule has 22 heavy (non-hydrogen) atoms. The molecule has 0 aliphatic heterocycles. The van der Waals surface area contributed by atoms with Crippen molar-refractivity contribution in [2.24, 2.45) is 0 Å². The van der Waals surface area contributed by atoms with Crippen LogP contribution in [0.5, 0.6) is 0 Å². The minimum atomic E-state index is -4.41. The van der Waals surface area contributed by atoms with E-state index in [2.05, 4.69) is 0 Å². The number of hydrogen-bond donors (Lipinski definition) is 2. The van der Waals surface area contributed by atoms with E-state index >= 15 is 0 Å². The normalized spacial score (nSPS) is 11.5. The Morgan fingerprint density at radius 3 is 1.68 bits per heavy atom. The van der Waals surface area contributed by atoms with Crippen LogP contribution in [0.3, 0.4) is 0 Å². The van der Waals surface area contributed by atoms with Gasteiger partial charge in [0.1, 0.15) is 10.7 Å². The minimum Gasteiger partial charge on any atom is -0.282 e. The van der Waals surface area contributed by atoms with Gasteiger partial charge in [-0.15, -0.1) is 0 Å². The zero-order chi connectivity index (χ0) is 17.0. The van der Waals surface area contributed by atoms with Crippen molar-refractivity contribution in [1.82, 2.24) is 0 Å². The summed E-state index contributed by atoms with van der Waals surface area (Å²) in [6, 6.07) is 9.87. The first kappa shape index (κ1) is 18.5. The Bertz CT molecular complexity index is 847. The molecule has 120 valence electrons. The lowest BCUT2D eigenvalue weighted by Gasteiger charge is -1.95. The molecule has 0 radical (unpaired) electrons. The van der Waals surface area contributed by atoms with E-state index in [1.807, 2.05) is 0 Å². The van der Waals surface area contributed by atoms with Crippen LogP contribution in [0, 0.1) is 5.82 Å². The molecule has 10 heteroatoms. The predicted octanol–water partition coefficient (Wildman–Crippen LogP) is 2.66. The van der Waals surface area contributed by atoms with Crippen molar-refractivity contribution < 1.29 is 30.3 Å². The first-order chi connectivity index (χ1) is 10.0. The molecule has 0 aliphatic rings. The van der Waals surface area contributed by atoms with Gasteiger partial charge in [-0.05, 0) is 36.4 Å². The molecule has 0 amide bonds. The molecule has 0 spiro atoms. The summed E-state index contributed by atoms with van der Waals surface area (Å²) in [6.45, 7) is 0. The maximum Gasteiger partial charge on any atom is 0.297 e. The summed E-state index contributed by atoms with van der Waals surface area (Å²) in [4.78, 5) is -0.845. The summed E-state index contributed by atoms with van der Waals surface area (Å²) in [5.41, 5.74) is 0. The third-order valence-corrected chi connectivity index (χ3v) is 4.23. The van der Waals surface area contributed by atoms with Crippen LogP contribution in [0.15, 0.2) is 58.3 Å². The van der Waals surface area contributed by atoms with Gasteiger partial charge in [-0.1, -0.05) is 23.7 Å². The summed E-state index contributed by atoms with van der Waals surface area (Å²) in [6.07, 6.45) is 0. The first-order valence-electron chi connectivity index (χ1n) is 5.47. The van der Waals surface area contributed by atoms with Crippen LogP contribution < -0.4 is 0 Å². The maximum atomic E-state index is 12.5. The Labute approximate surface area is 131 Å². The molecule has 0 saturated heterocycles. The van der Waals surface area contributed by atoms with E-state index in [9.17, 15) is 21.2 Å². The van der Waals surface area contributed by atoms with Gasteiger partial charge in [0.25, 0.3) is 20.2 Å². The number of halogens is 2. The molecule has 0 unspecified atom stereocenters. The highest BCUT2D eigenvalue weighted by atomic mass is 35.5. The summed E-state index contributed by atoms with van der Waals surface area (Å²) < 4.78 is 71.1. The Morgan fingerprint density at radius 1 is 0.818 bits per heavy atom. The Hall–Kier alpha value is -1.52. The number of benzene rings is 2. The highest BCUT2D eigenvalue weighted by molar-refractivity contribution is 7.86. The lowest BCUT2D eigenvalue weighted by molar-refractivity contribution is 0.473. The van der Waals surface area contributed by atoms with E-state index in [1.165, 1.54) is 36.4 Å². The SMILES string of the molecule is O=S(=O)(O)c1ccc(Cl)cc1.O=S(=O)(O)c1ccccc1F. The van der Waals surface area contributed by atoms with Crippen molar-refractivity contribution in [3.05, 3.63) is 59.4 Å². The standard InChI is InChI=1S/C6H5ClO3S.C6H5FO3S/c7-5-1-3-6(4-2-5)11(8,9)10;7-5-3-1-2-4-6(5)11(8,9)10/h2*1-4H,(H,8,9,10). The van der Waals surface area contributed by atoms with Crippen LogP contribution in [0.25, 0.3) is 0 Å². The molecule has 2 rings (SSSR count). The molecule has 2 aromatic rings. The second kappa shape index (κ2) is 7.16. The van der Waals surface area contributed by atoms with Crippen LogP contribution in [0.2, 0.25) is 5.02 Å². The fourth-order valence-electron chi connectivity index (χ4n) is 1.26. The maximum absolute atomic E-state index is 12.5. The van der Waals surface area contributed by atoms with Crippen molar-refractivity contribution in [2.75, 3.05) is 0 Å². The predicted molar refractivity (Wildman–Crippen MR) is 77.5 cm³/mol. The van der Waals surface area contributed by atoms with Gasteiger partial charge in [0.15, 0.2) is 0 Å². The average molecular weight is 369 g/mol. The molecule has 2 N–H and O–H groups in total. The lowest BCUT2D eigenvalue weighted by Crippen LogP contribution is -2.00. The molecule has 0 saturated carbocycles. The Morgan fingerprint density at radius 2 is 1.32 bits per heavy atom. The van der Waals surface area contributed by atoms with E-state index in [0.717, 1.165) is 12.1 Å². The molecule has 0 atom stereocenters. The van der Waals surface area contributed by atoms with E-state index in [4.69, 9.17) is 20.7 Å².